The molecule has 2 N–H and O–H groups in total. The summed E-state index contributed by atoms with van der Waals surface area (Å²) in [5.74, 6) is 0. The zero-order chi connectivity index (χ0) is 17.9. The molecule has 1 aliphatic rings. The molecule has 0 spiro atoms. The maximum atomic E-state index is 12.1. The molecule has 2 amide bonds. The highest BCUT2D eigenvalue weighted by Gasteiger charge is 2.26. The van der Waals surface area contributed by atoms with E-state index in [1.807, 2.05) is 13.0 Å². The van der Waals surface area contributed by atoms with Crippen molar-refractivity contribution in [1.29, 1.82) is 0 Å². The van der Waals surface area contributed by atoms with Crippen LogP contribution in [0.4, 0.5) is 4.79 Å². The van der Waals surface area contributed by atoms with Crippen molar-refractivity contribution in [1.82, 2.24) is 14.9 Å². The van der Waals surface area contributed by atoms with Gasteiger partial charge in [0.15, 0.2) is 0 Å². The average molecular weight is 394 g/mol. The van der Waals surface area contributed by atoms with Crippen LogP contribution in [0.5, 0.6) is 0 Å². The summed E-state index contributed by atoms with van der Waals surface area (Å²) in [6, 6.07) is 4.67. The Morgan fingerprint density at radius 3 is 2.42 bits per heavy atom. The van der Waals surface area contributed by atoms with Crippen LogP contribution in [0.1, 0.15) is 31.4 Å². The molecule has 1 saturated heterocycles. The van der Waals surface area contributed by atoms with E-state index in [0.717, 1.165) is 5.56 Å². The van der Waals surface area contributed by atoms with E-state index in [2.05, 4.69) is 10.6 Å². The summed E-state index contributed by atoms with van der Waals surface area (Å²) in [6.07, 6.45) is 2.40. The molecule has 2 rings (SSSR count). The van der Waals surface area contributed by atoms with Crippen molar-refractivity contribution >= 4 is 39.3 Å². The van der Waals surface area contributed by atoms with Crippen LogP contribution >= 0.6 is 23.2 Å². The Morgan fingerprint density at radius 2 is 1.88 bits per heavy atom. The first kappa shape index (κ1) is 19.3. The Hall–Kier alpha value is -1.02. The second-order valence-electron chi connectivity index (χ2n) is 5.95. The lowest BCUT2D eigenvalue weighted by molar-refractivity contribution is 0.225. The van der Waals surface area contributed by atoms with Gasteiger partial charge in [0.25, 0.3) is 0 Å². The van der Waals surface area contributed by atoms with Gasteiger partial charge in [-0.3, -0.25) is 0 Å². The Balaban J connectivity index is 1.84. The summed E-state index contributed by atoms with van der Waals surface area (Å²) in [5, 5.41) is 6.64. The van der Waals surface area contributed by atoms with Crippen LogP contribution in [0, 0.1) is 0 Å². The Bertz CT molecular complexity index is 704. The van der Waals surface area contributed by atoms with E-state index < -0.39 is 10.0 Å². The number of carbonyl (C=O) groups is 1. The summed E-state index contributed by atoms with van der Waals surface area (Å²) in [4.78, 5) is 12.1. The molecule has 6 nitrogen and oxygen atoms in total. The average Bonchev–Trinajstić information content (AvgIpc) is 2.49. The zero-order valence-electron chi connectivity index (χ0n) is 13.6. The monoisotopic (exact) mass is 393 g/mol. The predicted octanol–water partition coefficient (Wildman–Crippen LogP) is 2.78. The summed E-state index contributed by atoms with van der Waals surface area (Å²) < 4.78 is 24.4. The maximum absolute atomic E-state index is 12.1. The number of sulfonamides is 1. The number of urea groups is 1. The van der Waals surface area contributed by atoms with E-state index in [4.69, 9.17) is 23.2 Å². The lowest BCUT2D eigenvalue weighted by Gasteiger charge is -2.31. The first-order valence-corrected chi connectivity index (χ1v) is 10.2. The van der Waals surface area contributed by atoms with Crippen molar-refractivity contribution in [3.63, 3.8) is 0 Å². The van der Waals surface area contributed by atoms with Crippen LogP contribution in [0.15, 0.2) is 18.2 Å². The molecule has 0 radical (unpaired) electrons. The number of benzene rings is 1. The van der Waals surface area contributed by atoms with Gasteiger partial charge < -0.3 is 10.6 Å². The van der Waals surface area contributed by atoms with Gasteiger partial charge in [0.2, 0.25) is 10.0 Å². The predicted molar refractivity (Wildman–Crippen MR) is 96.0 cm³/mol. The van der Waals surface area contributed by atoms with Gasteiger partial charge in [-0.15, -0.1) is 0 Å². The fraction of sp³-hybridized carbons (Fsp3) is 0.533. The molecule has 1 heterocycles. The van der Waals surface area contributed by atoms with Crippen molar-refractivity contribution in [2.24, 2.45) is 0 Å². The Kier molecular flexibility index (Phi) is 6.36. The lowest BCUT2D eigenvalue weighted by Crippen LogP contribution is -2.49. The molecular weight excluding hydrogens is 373 g/mol. The summed E-state index contributed by atoms with van der Waals surface area (Å²) in [5.41, 5.74) is 0.853. The molecule has 134 valence electrons. The minimum Gasteiger partial charge on any atom is -0.335 e. The van der Waals surface area contributed by atoms with E-state index in [1.54, 1.807) is 12.1 Å². The molecule has 1 aliphatic heterocycles. The molecule has 24 heavy (non-hydrogen) atoms. The number of amides is 2. The highest BCUT2D eigenvalue weighted by Crippen LogP contribution is 2.25. The Morgan fingerprint density at radius 1 is 1.25 bits per heavy atom. The number of nitrogens with one attached hydrogen (secondary N) is 2. The van der Waals surface area contributed by atoms with E-state index in [9.17, 15) is 13.2 Å². The molecular formula is C15H21Cl2N3O3S. The highest BCUT2D eigenvalue weighted by molar-refractivity contribution is 7.88. The van der Waals surface area contributed by atoms with Crippen molar-refractivity contribution in [3.8, 4) is 0 Å². The molecule has 0 bridgehead atoms. The zero-order valence-corrected chi connectivity index (χ0v) is 15.9. The minimum atomic E-state index is -3.16. The van der Waals surface area contributed by atoms with Crippen LogP contribution < -0.4 is 10.6 Å². The van der Waals surface area contributed by atoms with Crippen LogP contribution in [-0.2, 0) is 10.0 Å². The number of hydrogen-bond acceptors (Lipinski definition) is 3. The quantitative estimate of drug-likeness (QED) is 0.825. The molecule has 9 heteroatoms. The number of hydrogen-bond donors (Lipinski definition) is 2. The van der Waals surface area contributed by atoms with Gasteiger partial charge >= 0.3 is 6.03 Å². The van der Waals surface area contributed by atoms with Gasteiger partial charge in [-0.25, -0.2) is 17.5 Å². The van der Waals surface area contributed by atoms with Gasteiger partial charge in [-0.1, -0.05) is 29.3 Å². The SMILES string of the molecule is C[C@H](NC(=O)NC1CCN(S(C)(=O)=O)CC1)c1ccc(Cl)c(Cl)c1. The van der Waals surface area contributed by atoms with E-state index in [-0.39, 0.29) is 18.1 Å². The first-order chi connectivity index (χ1) is 11.2. The van der Waals surface area contributed by atoms with Crippen molar-refractivity contribution in [2.75, 3.05) is 19.3 Å². The third kappa shape index (κ3) is 5.24. The minimum absolute atomic E-state index is 0.0380. The normalized spacial score (nSPS) is 18.2. The van der Waals surface area contributed by atoms with E-state index in [0.29, 0.717) is 36.0 Å². The van der Waals surface area contributed by atoms with Crippen LogP contribution in [0.2, 0.25) is 10.0 Å². The topological polar surface area (TPSA) is 78.5 Å². The fourth-order valence-corrected chi connectivity index (χ4v) is 3.80. The van der Waals surface area contributed by atoms with Gasteiger partial charge in [-0.05, 0) is 37.5 Å². The summed E-state index contributed by atoms with van der Waals surface area (Å²) in [6.45, 7) is 2.70. The third-order valence-corrected chi connectivity index (χ3v) is 6.09. The van der Waals surface area contributed by atoms with Crippen LogP contribution in [0.3, 0.4) is 0 Å². The highest BCUT2D eigenvalue weighted by atomic mass is 35.5. The third-order valence-electron chi connectivity index (χ3n) is 4.05. The lowest BCUT2D eigenvalue weighted by atomic mass is 10.1. The van der Waals surface area contributed by atoms with E-state index in [1.165, 1.54) is 10.6 Å². The number of rotatable bonds is 4. The smallest absolute Gasteiger partial charge is 0.315 e. The second kappa shape index (κ2) is 7.91. The molecule has 1 fully saturated rings. The number of nitrogens with zero attached hydrogens (tertiary/aromatic N) is 1. The summed E-state index contributed by atoms with van der Waals surface area (Å²) >= 11 is 11.9. The fourth-order valence-electron chi connectivity index (χ4n) is 2.62. The molecule has 1 aromatic carbocycles. The van der Waals surface area contributed by atoms with Gasteiger partial charge in [0.1, 0.15) is 0 Å². The number of carbonyl (C=O) groups excluding carboxylic acids is 1. The van der Waals surface area contributed by atoms with Gasteiger partial charge in [-0.2, -0.15) is 0 Å². The standard InChI is InChI=1S/C15H21Cl2N3O3S/c1-10(11-3-4-13(16)14(17)9-11)18-15(21)19-12-5-7-20(8-6-12)24(2,22)23/h3-4,9-10,12H,5-8H2,1-2H3,(H2,18,19,21)/t10-/m0/s1. The molecule has 1 aromatic rings. The van der Waals surface area contributed by atoms with Crippen molar-refractivity contribution < 1.29 is 13.2 Å². The van der Waals surface area contributed by atoms with Gasteiger partial charge in [0, 0.05) is 19.1 Å². The maximum Gasteiger partial charge on any atom is 0.315 e. The number of halogens is 2. The van der Waals surface area contributed by atoms with Gasteiger partial charge in [0.05, 0.1) is 22.3 Å². The molecule has 0 aliphatic carbocycles. The van der Waals surface area contributed by atoms with E-state index >= 15 is 0 Å². The Labute approximate surface area is 152 Å². The van der Waals surface area contributed by atoms with Crippen molar-refractivity contribution in [2.45, 2.75) is 31.8 Å². The molecule has 0 aromatic heterocycles. The first-order valence-electron chi connectivity index (χ1n) is 7.64. The second-order valence-corrected chi connectivity index (χ2v) is 8.75. The summed E-state index contributed by atoms with van der Waals surface area (Å²) in [7, 11) is -3.16. The van der Waals surface area contributed by atoms with Crippen LogP contribution in [0.25, 0.3) is 0 Å². The molecule has 1 atom stereocenters. The largest absolute Gasteiger partial charge is 0.335 e. The molecule has 0 unspecified atom stereocenters. The number of piperidine rings is 1. The molecule has 0 saturated carbocycles. The van der Waals surface area contributed by atoms with Crippen molar-refractivity contribution in [3.05, 3.63) is 33.8 Å². The van der Waals surface area contributed by atoms with Crippen LogP contribution in [-0.4, -0.2) is 44.1 Å².